The number of nitrogens with one attached hydrogen (secondary N) is 2. The van der Waals surface area contributed by atoms with E-state index < -0.39 is 12.2 Å². The van der Waals surface area contributed by atoms with Crippen LogP contribution in [0, 0.1) is 0 Å². The molecule has 5 nitrogen and oxygen atoms in total. The number of ether oxygens (including phenoxy) is 1. The summed E-state index contributed by atoms with van der Waals surface area (Å²) in [5.74, 6) is -0.214. The van der Waals surface area contributed by atoms with Crippen LogP contribution in [-0.2, 0) is 9.53 Å². The minimum Gasteiger partial charge on any atom is -0.436 e. The maximum Gasteiger partial charge on any atom is 0.408 e. The summed E-state index contributed by atoms with van der Waals surface area (Å²) < 4.78 is 4.94. The first-order valence-corrected chi connectivity index (χ1v) is 4.65. The largest absolute Gasteiger partial charge is 0.436 e. The van der Waals surface area contributed by atoms with Crippen molar-refractivity contribution in [3.63, 3.8) is 0 Å². The quantitative estimate of drug-likeness (QED) is 0.643. The zero-order valence-corrected chi connectivity index (χ0v) is 8.72. The predicted molar refractivity (Wildman–Crippen MR) is 50.8 cm³/mol. The summed E-state index contributed by atoms with van der Waals surface area (Å²) in [6.07, 6.45) is -0.618. The Bertz CT molecular complexity index is 245. The van der Waals surface area contributed by atoms with E-state index in [1.54, 1.807) is 0 Å². The molecule has 0 spiro atoms. The van der Waals surface area contributed by atoms with Gasteiger partial charge in [0.25, 0.3) is 5.91 Å². The molecule has 1 rings (SSSR count). The topological polar surface area (TPSA) is 67.4 Å². The summed E-state index contributed by atoms with van der Waals surface area (Å²) in [5, 5.41) is 5.22. The second-order valence-electron chi connectivity index (χ2n) is 4.35. The molecule has 0 aliphatic carbocycles. The molecule has 0 radical (unpaired) electrons. The van der Waals surface area contributed by atoms with E-state index >= 15 is 0 Å². The predicted octanol–water partition coefficient (Wildman–Crippen LogP) is 0.400. The maximum atomic E-state index is 11.2. The number of amides is 2. The minimum atomic E-state index is -0.627. The van der Waals surface area contributed by atoms with Gasteiger partial charge >= 0.3 is 6.09 Å². The molecule has 0 bridgehead atoms. The lowest BCUT2D eigenvalue weighted by Crippen LogP contribution is -2.43. The molecule has 0 aromatic rings. The van der Waals surface area contributed by atoms with Gasteiger partial charge in [0.05, 0.1) is 0 Å². The fourth-order valence-corrected chi connectivity index (χ4v) is 1.15. The van der Waals surface area contributed by atoms with Gasteiger partial charge in [-0.3, -0.25) is 4.79 Å². The highest BCUT2D eigenvalue weighted by Crippen LogP contribution is 2.06. The Balaban J connectivity index is 2.37. The van der Waals surface area contributed by atoms with Gasteiger partial charge in [-0.2, -0.15) is 0 Å². The monoisotopic (exact) mass is 200 g/mol. The van der Waals surface area contributed by atoms with Crippen LogP contribution in [0.5, 0.6) is 0 Å². The molecule has 0 aromatic heterocycles. The smallest absolute Gasteiger partial charge is 0.408 e. The van der Waals surface area contributed by atoms with Gasteiger partial charge in [-0.25, -0.2) is 4.79 Å². The third-order valence-electron chi connectivity index (χ3n) is 1.72. The number of carbonyl (C=O) groups is 2. The average molecular weight is 200 g/mol. The molecule has 1 atom stereocenters. The summed E-state index contributed by atoms with van der Waals surface area (Å²) in [7, 11) is 0. The molecule has 5 heteroatoms. The first kappa shape index (κ1) is 10.8. The van der Waals surface area contributed by atoms with Crippen LogP contribution in [0.2, 0.25) is 0 Å². The van der Waals surface area contributed by atoms with Crippen LogP contribution < -0.4 is 10.6 Å². The molecule has 1 heterocycles. The van der Waals surface area contributed by atoms with E-state index in [1.807, 2.05) is 20.8 Å². The molecular weight excluding hydrogens is 184 g/mol. The van der Waals surface area contributed by atoms with Gasteiger partial charge in [-0.1, -0.05) is 0 Å². The third kappa shape index (κ3) is 3.24. The molecule has 2 N–H and O–H groups in total. The van der Waals surface area contributed by atoms with Gasteiger partial charge in [0.1, 0.15) is 0 Å². The van der Waals surface area contributed by atoms with Crippen LogP contribution in [0.15, 0.2) is 0 Å². The van der Waals surface area contributed by atoms with Crippen molar-refractivity contribution in [1.29, 1.82) is 0 Å². The van der Waals surface area contributed by atoms with Crippen molar-refractivity contribution >= 4 is 12.0 Å². The molecular formula is C9H16N2O3. The van der Waals surface area contributed by atoms with Gasteiger partial charge in [0, 0.05) is 18.5 Å². The molecule has 14 heavy (non-hydrogen) atoms. The summed E-state index contributed by atoms with van der Waals surface area (Å²) in [6, 6.07) is 0. The molecule has 0 aromatic carbocycles. The average Bonchev–Trinajstić information content (AvgIpc) is 2.32. The lowest BCUT2D eigenvalue weighted by Gasteiger charge is -2.21. The van der Waals surface area contributed by atoms with E-state index in [2.05, 4.69) is 10.6 Å². The molecule has 80 valence electrons. The Morgan fingerprint density at radius 3 is 2.64 bits per heavy atom. The maximum absolute atomic E-state index is 11.2. The normalized spacial score (nSPS) is 21.6. The van der Waals surface area contributed by atoms with E-state index in [4.69, 9.17) is 4.74 Å². The molecule has 1 aliphatic rings. The standard InChI is InChI=1S/C9H16N2O3/c1-9(2,3)11-8(13)14-6-4-5-10-7(6)12/h6H,4-5H2,1-3H3,(H,10,12)(H,11,13)/t6-/m0/s1. The summed E-state index contributed by atoms with van der Waals surface area (Å²) >= 11 is 0. The Morgan fingerprint density at radius 2 is 2.21 bits per heavy atom. The van der Waals surface area contributed by atoms with E-state index in [-0.39, 0.29) is 11.4 Å². The fourth-order valence-electron chi connectivity index (χ4n) is 1.15. The first-order chi connectivity index (χ1) is 6.38. The molecule has 0 unspecified atom stereocenters. The van der Waals surface area contributed by atoms with Gasteiger partial charge in [0.15, 0.2) is 6.10 Å². The second-order valence-corrected chi connectivity index (χ2v) is 4.35. The van der Waals surface area contributed by atoms with Gasteiger partial charge < -0.3 is 15.4 Å². The lowest BCUT2D eigenvalue weighted by molar-refractivity contribution is -0.126. The zero-order chi connectivity index (χ0) is 10.8. The Kier molecular flexibility index (Phi) is 2.98. The number of rotatable bonds is 1. The highest BCUT2D eigenvalue weighted by molar-refractivity contribution is 5.85. The Morgan fingerprint density at radius 1 is 1.57 bits per heavy atom. The van der Waals surface area contributed by atoms with Crippen molar-refractivity contribution in [2.45, 2.75) is 38.8 Å². The van der Waals surface area contributed by atoms with Crippen LogP contribution in [0.3, 0.4) is 0 Å². The number of hydrogen-bond acceptors (Lipinski definition) is 3. The van der Waals surface area contributed by atoms with Crippen LogP contribution >= 0.6 is 0 Å². The van der Waals surface area contributed by atoms with Crippen molar-refractivity contribution in [2.75, 3.05) is 6.54 Å². The van der Waals surface area contributed by atoms with Crippen molar-refractivity contribution in [2.24, 2.45) is 0 Å². The zero-order valence-electron chi connectivity index (χ0n) is 8.72. The number of carbonyl (C=O) groups excluding carboxylic acids is 2. The molecule has 1 aliphatic heterocycles. The van der Waals surface area contributed by atoms with E-state index in [1.165, 1.54) is 0 Å². The van der Waals surface area contributed by atoms with E-state index in [0.717, 1.165) is 0 Å². The highest BCUT2D eigenvalue weighted by atomic mass is 16.6. The lowest BCUT2D eigenvalue weighted by atomic mass is 10.1. The fraction of sp³-hybridized carbons (Fsp3) is 0.778. The Labute approximate surface area is 83.2 Å². The highest BCUT2D eigenvalue weighted by Gasteiger charge is 2.28. The third-order valence-corrected chi connectivity index (χ3v) is 1.72. The summed E-state index contributed by atoms with van der Waals surface area (Å²) in [5.41, 5.74) is -0.341. The summed E-state index contributed by atoms with van der Waals surface area (Å²) in [4.78, 5) is 22.3. The first-order valence-electron chi connectivity index (χ1n) is 4.65. The molecule has 0 saturated carbocycles. The van der Waals surface area contributed by atoms with Crippen molar-refractivity contribution in [1.82, 2.24) is 10.6 Å². The van der Waals surface area contributed by atoms with Gasteiger partial charge in [-0.05, 0) is 20.8 Å². The van der Waals surface area contributed by atoms with Crippen LogP contribution in [0.25, 0.3) is 0 Å². The number of hydrogen-bond donors (Lipinski definition) is 2. The molecule has 1 saturated heterocycles. The van der Waals surface area contributed by atoms with E-state index in [9.17, 15) is 9.59 Å². The van der Waals surface area contributed by atoms with Crippen molar-refractivity contribution < 1.29 is 14.3 Å². The molecule has 1 fully saturated rings. The van der Waals surface area contributed by atoms with E-state index in [0.29, 0.717) is 13.0 Å². The Hall–Kier alpha value is -1.26. The minimum absolute atomic E-state index is 0.214. The van der Waals surface area contributed by atoms with Gasteiger partial charge in [0.2, 0.25) is 0 Å². The van der Waals surface area contributed by atoms with Crippen molar-refractivity contribution in [3.05, 3.63) is 0 Å². The van der Waals surface area contributed by atoms with Crippen LogP contribution in [0.1, 0.15) is 27.2 Å². The SMILES string of the molecule is CC(C)(C)NC(=O)O[C@H]1CCNC1=O. The van der Waals surface area contributed by atoms with Crippen LogP contribution in [0.4, 0.5) is 4.79 Å². The number of alkyl carbamates (subject to hydrolysis) is 1. The van der Waals surface area contributed by atoms with Crippen molar-refractivity contribution in [3.8, 4) is 0 Å². The second kappa shape index (κ2) is 3.86. The molecule has 2 amide bonds. The summed E-state index contributed by atoms with van der Waals surface area (Å²) in [6.45, 7) is 6.13. The van der Waals surface area contributed by atoms with Crippen LogP contribution in [-0.4, -0.2) is 30.2 Å². The van der Waals surface area contributed by atoms with Gasteiger partial charge in [-0.15, -0.1) is 0 Å².